The van der Waals surface area contributed by atoms with Crippen LogP contribution in [0.5, 0.6) is 0 Å². The van der Waals surface area contributed by atoms with Gasteiger partial charge in [-0.3, -0.25) is 14.8 Å². The predicted octanol–water partition coefficient (Wildman–Crippen LogP) is -0.173. The zero-order valence-electron chi connectivity index (χ0n) is 17.0. The monoisotopic (exact) mass is 434 g/mol. The normalized spacial score (nSPS) is 16.3. The summed E-state index contributed by atoms with van der Waals surface area (Å²) < 4.78 is 24.0. The van der Waals surface area contributed by atoms with Gasteiger partial charge in [0.2, 0.25) is 10.0 Å². The fourth-order valence-corrected chi connectivity index (χ4v) is 3.67. The number of hydroxylamine groups is 1. The van der Waals surface area contributed by atoms with Gasteiger partial charge in [-0.1, -0.05) is 17.9 Å². The third-order valence-corrected chi connectivity index (χ3v) is 5.79. The molecule has 10 heteroatoms. The Hall–Kier alpha value is -2.71. The lowest BCUT2D eigenvalue weighted by atomic mass is 9.95. The molecule has 0 saturated carbocycles. The van der Waals surface area contributed by atoms with Crippen LogP contribution in [0.4, 0.5) is 0 Å². The molecule has 30 heavy (non-hydrogen) atoms. The molecular weight excluding hydrogens is 408 g/mol. The Morgan fingerprint density at radius 3 is 2.40 bits per heavy atom. The summed E-state index contributed by atoms with van der Waals surface area (Å²) >= 11 is 0. The summed E-state index contributed by atoms with van der Waals surface area (Å²) in [7, 11) is -3.12. The Bertz CT molecular complexity index is 979. The molecule has 9 nitrogen and oxygen atoms in total. The van der Waals surface area contributed by atoms with E-state index in [9.17, 15) is 18.0 Å². The van der Waals surface area contributed by atoms with Crippen LogP contribution in [-0.2, 0) is 14.8 Å². The summed E-state index contributed by atoms with van der Waals surface area (Å²) in [6.45, 7) is 4.05. The van der Waals surface area contributed by atoms with Crippen LogP contribution in [0.3, 0.4) is 0 Å². The number of amides is 2. The van der Waals surface area contributed by atoms with Crippen LogP contribution in [0.1, 0.15) is 29.8 Å². The summed E-state index contributed by atoms with van der Waals surface area (Å²) in [5.41, 5.74) is 7.31. The predicted molar refractivity (Wildman–Crippen MR) is 112 cm³/mol. The SMILES string of the molecule is CC(C)(N)[C@H](NC(=O)c1ccc(C#C/C=C/C2CN(S(C)(=O)=O)C2)cc1)C(=O)NO. The molecule has 0 unspecified atom stereocenters. The number of nitrogens with zero attached hydrogens (tertiary/aromatic N) is 1. The van der Waals surface area contributed by atoms with Gasteiger partial charge in [-0.2, -0.15) is 0 Å². The lowest BCUT2D eigenvalue weighted by Gasteiger charge is -2.35. The molecule has 0 aliphatic carbocycles. The van der Waals surface area contributed by atoms with E-state index in [-0.39, 0.29) is 5.92 Å². The Morgan fingerprint density at radius 1 is 1.30 bits per heavy atom. The molecule has 0 bridgehead atoms. The molecule has 2 amide bonds. The summed E-state index contributed by atoms with van der Waals surface area (Å²) in [4.78, 5) is 24.1. The van der Waals surface area contributed by atoms with Gasteiger partial charge in [0.25, 0.3) is 11.8 Å². The molecule has 1 heterocycles. The molecule has 1 saturated heterocycles. The van der Waals surface area contributed by atoms with Crippen LogP contribution in [0, 0.1) is 17.8 Å². The Balaban J connectivity index is 1.94. The van der Waals surface area contributed by atoms with Crippen LogP contribution < -0.4 is 16.5 Å². The highest BCUT2D eigenvalue weighted by Crippen LogP contribution is 2.19. The van der Waals surface area contributed by atoms with E-state index in [1.165, 1.54) is 16.0 Å². The lowest BCUT2D eigenvalue weighted by Crippen LogP contribution is -2.61. The molecule has 162 valence electrons. The van der Waals surface area contributed by atoms with Crippen molar-refractivity contribution in [2.45, 2.75) is 25.4 Å². The second-order valence-electron chi connectivity index (χ2n) is 7.75. The van der Waals surface area contributed by atoms with Crippen molar-refractivity contribution < 1.29 is 23.2 Å². The highest BCUT2D eigenvalue weighted by molar-refractivity contribution is 7.88. The maximum absolute atomic E-state index is 12.4. The first-order chi connectivity index (χ1) is 13.9. The van der Waals surface area contributed by atoms with Gasteiger partial charge >= 0.3 is 0 Å². The molecular formula is C20H26N4O5S. The quantitative estimate of drug-likeness (QED) is 0.278. The molecule has 1 fully saturated rings. The number of sulfonamides is 1. The zero-order valence-corrected chi connectivity index (χ0v) is 17.9. The summed E-state index contributed by atoms with van der Waals surface area (Å²) in [6, 6.07) is 5.34. The van der Waals surface area contributed by atoms with Crippen LogP contribution in [-0.4, -0.2) is 60.7 Å². The molecule has 1 aromatic rings. The number of hydrogen-bond donors (Lipinski definition) is 4. The number of nitrogens with one attached hydrogen (secondary N) is 2. The number of benzene rings is 1. The molecule has 1 atom stereocenters. The first-order valence-corrected chi connectivity index (χ1v) is 11.0. The van der Waals surface area contributed by atoms with Crippen molar-refractivity contribution >= 4 is 21.8 Å². The van der Waals surface area contributed by atoms with Crippen LogP contribution >= 0.6 is 0 Å². The van der Waals surface area contributed by atoms with E-state index < -0.39 is 33.4 Å². The Morgan fingerprint density at radius 2 is 1.90 bits per heavy atom. The van der Waals surface area contributed by atoms with E-state index >= 15 is 0 Å². The molecule has 1 aliphatic rings. The third kappa shape index (κ3) is 6.40. The molecule has 0 radical (unpaired) electrons. The first-order valence-electron chi connectivity index (χ1n) is 9.19. The van der Waals surface area contributed by atoms with Gasteiger partial charge in [0.15, 0.2) is 0 Å². The number of carbonyl (C=O) groups excluding carboxylic acids is 2. The van der Waals surface area contributed by atoms with Crippen molar-refractivity contribution in [3.05, 3.63) is 47.5 Å². The fraction of sp³-hybridized carbons (Fsp3) is 0.400. The van der Waals surface area contributed by atoms with Gasteiger partial charge in [0, 0.05) is 35.7 Å². The van der Waals surface area contributed by atoms with E-state index in [2.05, 4.69) is 17.2 Å². The topological polar surface area (TPSA) is 142 Å². The van der Waals surface area contributed by atoms with Crippen molar-refractivity contribution in [2.75, 3.05) is 19.3 Å². The van der Waals surface area contributed by atoms with Crippen LogP contribution in [0.2, 0.25) is 0 Å². The number of rotatable bonds is 6. The highest BCUT2D eigenvalue weighted by Gasteiger charge is 2.33. The maximum Gasteiger partial charge on any atom is 0.267 e. The minimum absolute atomic E-state index is 0.163. The van der Waals surface area contributed by atoms with E-state index in [0.29, 0.717) is 24.2 Å². The standard InChI is InChI=1S/C20H26N4O5S/c1-20(2,21)17(19(26)23-27)22-18(25)16-10-8-14(9-11-16)6-4-5-7-15-12-24(13-15)30(3,28)29/h5,7-11,15,17,27H,12-13,21H2,1-3H3,(H,22,25)(H,23,26)/b7-5+/t17-/m1/s1. The average molecular weight is 435 g/mol. The number of allylic oxidation sites excluding steroid dienone is 1. The molecule has 2 rings (SSSR count). The number of hydrogen-bond acceptors (Lipinski definition) is 6. The highest BCUT2D eigenvalue weighted by atomic mass is 32.2. The molecule has 5 N–H and O–H groups in total. The van der Waals surface area contributed by atoms with E-state index in [1.54, 1.807) is 44.2 Å². The van der Waals surface area contributed by atoms with Gasteiger partial charge < -0.3 is 11.1 Å². The zero-order chi connectivity index (χ0) is 22.5. The summed E-state index contributed by atoms with van der Waals surface area (Å²) in [6.07, 6.45) is 4.75. The number of carbonyl (C=O) groups is 2. The van der Waals surface area contributed by atoms with Crippen molar-refractivity contribution in [1.82, 2.24) is 15.1 Å². The molecule has 1 aromatic carbocycles. The van der Waals surface area contributed by atoms with Gasteiger partial charge in [-0.05, 0) is 44.2 Å². The molecule has 0 spiro atoms. The van der Waals surface area contributed by atoms with Crippen molar-refractivity contribution in [3.8, 4) is 11.8 Å². The van der Waals surface area contributed by atoms with Gasteiger partial charge in [-0.15, -0.1) is 0 Å². The minimum atomic E-state index is -3.12. The fourth-order valence-electron chi connectivity index (χ4n) is 2.74. The van der Waals surface area contributed by atoms with Gasteiger partial charge in [0.05, 0.1) is 6.26 Å². The molecule has 0 aromatic heterocycles. The largest absolute Gasteiger partial charge is 0.338 e. The second-order valence-corrected chi connectivity index (χ2v) is 9.73. The lowest BCUT2D eigenvalue weighted by molar-refractivity contribution is -0.132. The van der Waals surface area contributed by atoms with Crippen molar-refractivity contribution in [3.63, 3.8) is 0 Å². The Labute approximate surface area is 176 Å². The third-order valence-electron chi connectivity index (χ3n) is 4.55. The van der Waals surface area contributed by atoms with Crippen LogP contribution in [0.15, 0.2) is 36.4 Å². The minimum Gasteiger partial charge on any atom is -0.338 e. The first kappa shape index (κ1) is 23.6. The van der Waals surface area contributed by atoms with Crippen molar-refractivity contribution in [2.24, 2.45) is 11.7 Å². The van der Waals surface area contributed by atoms with Gasteiger partial charge in [0.1, 0.15) is 6.04 Å². The second kappa shape index (κ2) is 9.40. The summed E-state index contributed by atoms with van der Waals surface area (Å²) in [5.74, 6) is 4.65. The average Bonchev–Trinajstić information content (AvgIpc) is 2.62. The Kier molecular flexibility index (Phi) is 7.39. The smallest absolute Gasteiger partial charge is 0.267 e. The molecule has 1 aliphatic heterocycles. The van der Waals surface area contributed by atoms with E-state index in [0.717, 1.165) is 0 Å². The van der Waals surface area contributed by atoms with Crippen molar-refractivity contribution in [1.29, 1.82) is 0 Å². The van der Waals surface area contributed by atoms with E-state index in [1.807, 2.05) is 6.08 Å². The summed E-state index contributed by atoms with van der Waals surface area (Å²) in [5, 5.41) is 11.3. The number of nitrogens with two attached hydrogens (primary N) is 1. The maximum atomic E-state index is 12.4. The van der Waals surface area contributed by atoms with Crippen LogP contribution in [0.25, 0.3) is 0 Å². The van der Waals surface area contributed by atoms with Gasteiger partial charge in [-0.25, -0.2) is 18.2 Å². The van der Waals surface area contributed by atoms with E-state index in [4.69, 9.17) is 10.9 Å².